The van der Waals surface area contributed by atoms with Crippen LogP contribution in [0.5, 0.6) is 5.75 Å². The van der Waals surface area contributed by atoms with Crippen LogP contribution in [-0.4, -0.2) is 42.2 Å². The maximum Gasteiger partial charge on any atom is 0.331 e. The quantitative estimate of drug-likeness (QED) is 0.609. The molecule has 0 aromatic heterocycles. The number of aliphatic hydroxyl groups is 1. The molecule has 0 aliphatic heterocycles. The lowest BCUT2D eigenvalue weighted by atomic mass is 10.1. The molecule has 0 saturated heterocycles. The first-order valence-corrected chi connectivity index (χ1v) is 6.62. The molecular formula is C15H19NO6. The molecule has 2 unspecified atom stereocenters. The molecular weight excluding hydrogens is 290 g/mol. The van der Waals surface area contributed by atoms with Crippen molar-refractivity contribution in [3.05, 3.63) is 29.3 Å². The third-order valence-electron chi connectivity index (χ3n) is 2.86. The zero-order valence-corrected chi connectivity index (χ0v) is 12.9. The van der Waals surface area contributed by atoms with Crippen molar-refractivity contribution in [3.63, 3.8) is 0 Å². The van der Waals surface area contributed by atoms with Gasteiger partial charge in [0, 0.05) is 6.92 Å². The summed E-state index contributed by atoms with van der Waals surface area (Å²) >= 11 is 0. The number of esters is 2. The molecule has 0 saturated carbocycles. The minimum absolute atomic E-state index is 0.0790. The molecule has 7 heteroatoms. The van der Waals surface area contributed by atoms with Crippen molar-refractivity contribution in [3.8, 4) is 5.75 Å². The first-order chi connectivity index (χ1) is 10.3. The third-order valence-corrected chi connectivity index (χ3v) is 2.86. The minimum Gasteiger partial charge on any atom is -0.467 e. The maximum absolute atomic E-state index is 12.3. The summed E-state index contributed by atoms with van der Waals surface area (Å²) in [7, 11) is 1.15. The lowest BCUT2D eigenvalue weighted by Gasteiger charge is -2.19. The van der Waals surface area contributed by atoms with Gasteiger partial charge in [-0.2, -0.15) is 0 Å². The summed E-state index contributed by atoms with van der Waals surface area (Å²) < 4.78 is 9.52. The molecule has 0 bridgehead atoms. The van der Waals surface area contributed by atoms with E-state index in [1.54, 1.807) is 13.0 Å². The fourth-order valence-electron chi connectivity index (χ4n) is 1.78. The van der Waals surface area contributed by atoms with E-state index in [-0.39, 0.29) is 11.3 Å². The molecule has 120 valence electrons. The van der Waals surface area contributed by atoms with E-state index in [1.807, 2.05) is 0 Å². The highest BCUT2D eigenvalue weighted by Crippen LogP contribution is 2.21. The average molecular weight is 309 g/mol. The van der Waals surface area contributed by atoms with Gasteiger partial charge in [-0.25, -0.2) is 4.79 Å². The van der Waals surface area contributed by atoms with Gasteiger partial charge in [-0.1, -0.05) is 6.07 Å². The topological polar surface area (TPSA) is 102 Å². The zero-order valence-electron chi connectivity index (χ0n) is 12.9. The van der Waals surface area contributed by atoms with Gasteiger partial charge in [0.2, 0.25) is 0 Å². The second kappa shape index (κ2) is 7.56. The normalized spacial score (nSPS) is 13.0. The average Bonchev–Trinajstić information content (AvgIpc) is 2.42. The van der Waals surface area contributed by atoms with Crippen LogP contribution in [-0.2, 0) is 14.3 Å². The van der Waals surface area contributed by atoms with E-state index in [4.69, 9.17) is 4.74 Å². The predicted octanol–water partition coefficient (Wildman–Crippen LogP) is 0.573. The van der Waals surface area contributed by atoms with Crippen LogP contribution in [0.3, 0.4) is 0 Å². The first-order valence-electron chi connectivity index (χ1n) is 6.62. The number of amides is 1. The summed E-state index contributed by atoms with van der Waals surface area (Å²) in [5.41, 5.74) is 0.878. The summed E-state index contributed by atoms with van der Waals surface area (Å²) in [4.78, 5) is 34.9. The van der Waals surface area contributed by atoms with Gasteiger partial charge >= 0.3 is 11.9 Å². The Morgan fingerprint density at radius 3 is 2.41 bits per heavy atom. The van der Waals surface area contributed by atoms with Crippen LogP contribution in [0.25, 0.3) is 0 Å². The number of nitrogens with one attached hydrogen (secondary N) is 1. The van der Waals surface area contributed by atoms with E-state index in [0.29, 0.717) is 0 Å². The summed E-state index contributed by atoms with van der Waals surface area (Å²) in [5, 5.41) is 11.9. The highest BCUT2D eigenvalue weighted by molar-refractivity contribution is 5.99. The van der Waals surface area contributed by atoms with Gasteiger partial charge in [-0.05, 0) is 31.5 Å². The molecule has 1 aromatic rings. The minimum atomic E-state index is -1.22. The third kappa shape index (κ3) is 4.56. The number of methoxy groups -OCH3 is 1. The molecule has 1 amide bonds. The standard InChI is InChI=1S/C15H19NO6/c1-8-5-6-11(12(7-8)22-10(3)18)14(19)16-13(9(2)17)15(20)21-4/h5-7,9,13,17H,1-4H3,(H,16,19). The summed E-state index contributed by atoms with van der Waals surface area (Å²) in [6, 6.07) is 3.45. The smallest absolute Gasteiger partial charge is 0.331 e. The van der Waals surface area contributed by atoms with Crippen molar-refractivity contribution in [2.45, 2.75) is 32.9 Å². The molecule has 2 N–H and O–H groups in total. The summed E-state index contributed by atoms with van der Waals surface area (Å²) in [5.74, 6) is -1.92. The Morgan fingerprint density at radius 1 is 1.27 bits per heavy atom. The van der Waals surface area contributed by atoms with E-state index in [1.165, 1.54) is 26.0 Å². The number of aryl methyl sites for hydroxylation is 1. The van der Waals surface area contributed by atoms with Crippen molar-refractivity contribution in [2.75, 3.05) is 7.11 Å². The van der Waals surface area contributed by atoms with Gasteiger partial charge in [0.1, 0.15) is 5.75 Å². The van der Waals surface area contributed by atoms with Gasteiger partial charge in [0.15, 0.2) is 6.04 Å². The molecule has 0 spiro atoms. The van der Waals surface area contributed by atoms with Gasteiger partial charge in [-0.3, -0.25) is 9.59 Å². The Labute approximate surface area is 128 Å². The van der Waals surface area contributed by atoms with Crippen molar-refractivity contribution in [1.29, 1.82) is 0 Å². The number of hydrogen-bond acceptors (Lipinski definition) is 6. The lowest BCUT2D eigenvalue weighted by Crippen LogP contribution is -2.48. The molecule has 7 nitrogen and oxygen atoms in total. The van der Waals surface area contributed by atoms with Crippen molar-refractivity contribution in [1.82, 2.24) is 5.32 Å². The number of hydrogen-bond donors (Lipinski definition) is 2. The Hall–Kier alpha value is -2.41. The van der Waals surface area contributed by atoms with Crippen LogP contribution in [0.4, 0.5) is 0 Å². The molecule has 0 aliphatic rings. The Bertz CT molecular complexity index is 581. The van der Waals surface area contributed by atoms with Gasteiger partial charge < -0.3 is 19.9 Å². The Kier molecular flexibility index (Phi) is 6.06. The van der Waals surface area contributed by atoms with Crippen LogP contribution in [0.2, 0.25) is 0 Å². The van der Waals surface area contributed by atoms with E-state index < -0.39 is 30.0 Å². The van der Waals surface area contributed by atoms with Crippen LogP contribution in [0.1, 0.15) is 29.8 Å². The van der Waals surface area contributed by atoms with Gasteiger partial charge in [-0.15, -0.1) is 0 Å². The number of carbonyl (C=O) groups is 3. The lowest BCUT2D eigenvalue weighted by molar-refractivity contribution is -0.145. The van der Waals surface area contributed by atoms with Crippen molar-refractivity contribution >= 4 is 17.8 Å². The highest BCUT2D eigenvalue weighted by Gasteiger charge is 2.28. The van der Waals surface area contributed by atoms with Gasteiger partial charge in [0.05, 0.1) is 18.8 Å². The maximum atomic E-state index is 12.3. The SMILES string of the molecule is COC(=O)C(NC(=O)c1ccc(C)cc1OC(C)=O)C(C)O. The Morgan fingerprint density at radius 2 is 1.91 bits per heavy atom. The number of ether oxygens (including phenoxy) is 2. The fraction of sp³-hybridized carbons (Fsp3) is 0.400. The largest absolute Gasteiger partial charge is 0.467 e. The second-order valence-electron chi connectivity index (χ2n) is 4.81. The number of rotatable bonds is 5. The number of benzene rings is 1. The molecule has 0 heterocycles. The fourth-order valence-corrected chi connectivity index (χ4v) is 1.78. The second-order valence-corrected chi connectivity index (χ2v) is 4.81. The van der Waals surface area contributed by atoms with E-state index in [9.17, 15) is 19.5 Å². The van der Waals surface area contributed by atoms with Crippen LogP contribution in [0.15, 0.2) is 18.2 Å². The Balaban J connectivity index is 3.06. The molecule has 1 rings (SSSR count). The van der Waals surface area contributed by atoms with Crippen LogP contribution in [0, 0.1) is 6.92 Å². The van der Waals surface area contributed by atoms with E-state index in [0.717, 1.165) is 12.7 Å². The molecule has 0 radical (unpaired) electrons. The van der Waals surface area contributed by atoms with E-state index >= 15 is 0 Å². The highest BCUT2D eigenvalue weighted by atomic mass is 16.5. The molecule has 0 fully saturated rings. The van der Waals surface area contributed by atoms with Crippen molar-refractivity contribution in [2.24, 2.45) is 0 Å². The van der Waals surface area contributed by atoms with Gasteiger partial charge in [0.25, 0.3) is 5.91 Å². The van der Waals surface area contributed by atoms with Crippen molar-refractivity contribution < 1.29 is 29.0 Å². The monoisotopic (exact) mass is 309 g/mol. The number of carbonyl (C=O) groups excluding carboxylic acids is 3. The molecule has 2 atom stereocenters. The molecule has 0 aliphatic carbocycles. The zero-order chi connectivity index (χ0) is 16.9. The molecule has 1 aromatic carbocycles. The number of aliphatic hydroxyl groups excluding tert-OH is 1. The predicted molar refractivity (Wildman–Crippen MR) is 77.4 cm³/mol. The molecule has 22 heavy (non-hydrogen) atoms. The summed E-state index contributed by atoms with van der Waals surface area (Å²) in [6.45, 7) is 4.35. The van der Waals surface area contributed by atoms with E-state index in [2.05, 4.69) is 10.1 Å². The summed E-state index contributed by atoms with van der Waals surface area (Å²) in [6.07, 6.45) is -1.14. The van der Waals surface area contributed by atoms with Crippen LogP contribution >= 0.6 is 0 Å². The van der Waals surface area contributed by atoms with Crippen LogP contribution < -0.4 is 10.1 Å². The first kappa shape index (κ1) is 17.6.